The highest BCUT2D eigenvalue weighted by Gasteiger charge is 2.21. The first-order valence-electron chi connectivity index (χ1n) is 7.48. The van der Waals surface area contributed by atoms with E-state index in [1.807, 2.05) is 0 Å². The molecule has 108 valence electrons. The maximum atomic E-state index is 12.3. The fourth-order valence-electron chi connectivity index (χ4n) is 2.08. The zero-order valence-electron chi connectivity index (χ0n) is 13.1. The minimum absolute atomic E-state index is 0.248. The van der Waals surface area contributed by atoms with Gasteiger partial charge in [-0.2, -0.15) is 0 Å². The molecule has 0 rings (SSSR count). The summed E-state index contributed by atoms with van der Waals surface area (Å²) in [6, 6.07) is 0.801. The molecule has 0 saturated carbocycles. The third kappa shape index (κ3) is 6.39. The summed E-state index contributed by atoms with van der Waals surface area (Å²) in [5.41, 5.74) is 0. The molecule has 3 nitrogen and oxygen atoms in total. The van der Waals surface area contributed by atoms with Crippen molar-refractivity contribution in [2.75, 3.05) is 13.1 Å². The Morgan fingerprint density at radius 1 is 1.06 bits per heavy atom. The Balaban J connectivity index is 4.48. The molecule has 0 aromatic rings. The fourth-order valence-corrected chi connectivity index (χ4v) is 2.08. The van der Waals surface area contributed by atoms with Crippen LogP contribution < -0.4 is 5.32 Å². The normalized spacial score (nSPS) is 13.1. The number of nitrogens with zero attached hydrogens (tertiary/aromatic N) is 1. The summed E-state index contributed by atoms with van der Waals surface area (Å²) in [5.74, 6) is 0.774. The first kappa shape index (κ1) is 17.4. The molecular formula is C15H32N2O. The molecule has 0 aromatic carbocycles. The smallest absolute Gasteiger partial charge is 0.236 e. The highest BCUT2D eigenvalue weighted by Crippen LogP contribution is 2.11. The Kier molecular flexibility index (Phi) is 9.08. The monoisotopic (exact) mass is 256 g/mol. The Morgan fingerprint density at radius 2 is 1.61 bits per heavy atom. The van der Waals surface area contributed by atoms with Crippen LogP contribution in [0.2, 0.25) is 0 Å². The highest BCUT2D eigenvalue weighted by atomic mass is 16.2. The molecule has 0 spiro atoms. The lowest BCUT2D eigenvalue weighted by atomic mass is 10.1. The predicted octanol–water partition coefficient (Wildman–Crippen LogP) is 3.05. The lowest BCUT2D eigenvalue weighted by Crippen LogP contribution is -2.47. The van der Waals surface area contributed by atoms with Crippen LogP contribution in [0.3, 0.4) is 0 Å². The number of carbonyl (C=O) groups is 1. The largest absolute Gasteiger partial charge is 0.338 e. The standard InChI is InChI=1S/C15H32N2O/c1-7-13(6)16-10-15(18)17(11-12(4)5)14(8-2)9-3/h12-14,16H,7-11H2,1-6H3. The van der Waals surface area contributed by atoms with Crippen molar-refractivity contribution in [2.45, 2.75) is 72.9 Å². The summed E-state index contributed by atoms with van der Waals surface area (Å²) in [6.45, 7) is 14.3. The van der Waals surface area contributed by atoms with Crippen LogP contribution in [0.15, 0.2) is 0 Å². The predicted molar refractivity (Wildman–Crippen MR) is 78.7 cm³/mol. The number of hydrogen-bond acceptors (Lipinski definition) is 2. The van der Waals surface area contributed by atoms with Gasteiger partial charge in [-0.05, 0) is 32.1 Å². The second-order valence-corrected chi connectivity index (χ2v) is 5.60. The molecule has 1 amide bonds. The summed E-state index contributed by atoms with van der Waals surface area (Å²) >= 11 is 0. The van der Waals surface area contributed by atoms with E-state index in [0.717, 1.165) is 25.8 Å². The van der Waals surface area contributed by atoms with E-state index in [4.69, 9.17) is 0 Å². The van der Waals surface area contributed by atoms with Crippen LogP contribution >= 0.6 is 0 Å². The molecule has 1 unspecified atom stereocenters. The lowest BCUT2D eigenvalue weighted by Gasteiger charge is -2.32. The number of hydrogen-bond donors (Lipinski definition) is 1. The topological polar surface area (TPSA) is 32.3 Å². The van der Waals surface area contributed by atoms with Crippen molar-refractivity contribution >= 4 is 5.91 Å². The maximum Gasteiger partial charge on any atom is 0.236 e. The van der Waals surface area contributed by atoms with Crippen molar-refractivity contribution in [3.63, 3.8) is 0 Å². The Hall–Kier alpha value is -0.570. The van der Waals surface area contributed by atoms with Crippen LogP contribution in [0, 0.1) is 5.92 Å². The summed E-state index contributed by atoms with van der Waals surface area (Å²) in [7, 11) is 0. The van der Waals surface area contributed by atoms with Gasteiger partial charge in [0, 0.05) is 18.6 Å². The summed E-state index contributed by atoms with van der Waals surface area (Å²) < 4.78 is 0. The van der Waals surface area contributed by atoms with Crippen molar-refractivity contribution in [3.8, 4) is 0 Å². The van der Waals surface area contributed by atoms with Gasteiger partial charge < -0.3 is 10.2 Å². The van der Waals surface area contributed by atoms with Gasteiger partial charge in [-0.1, -0.05) is 34.6 Å². The van der Waals surface area contributed by atoms with E-state index in [9.17, 15) is 4.79 Å². The molecule has 0 bridgehead atoms. The van der Waals surface area contributed by atoms with Crippen LogP contribution in [0.25, 0.3) is 0 Å². The number of rotatable bonds is 9. The summed E-state index contributed by atoms with van der Waals surface area (Å²) in [4.78, 5) is 14.4. The average Bonchev–Trinajstić information content (AvgIpc) is 2.35. The molecule has 18 heavy (non-hydrogen) atoms. The summed E-state index contributed by atoms with van der Waals surface area (Å²) in [6.07, 6.45) is 3.14. The van der Waals surface area contributed by atoms with Gasteiger partial charge in [0.05, 0.1) is 6.54 Å². The Morgan fingerprint density at radius 3 is 2.00 bits per heavy atom. The van der Waals surface area contributed by atoms with Crippen LogP contribution in [-0.4, -0.2) is 36.0 Å². The van der Waals surface area contributed by atoms with Crippen LogP contribution in [0.4, 0.5) is 0 Å². The first-order valence-corrected chi connectivity index (χ1v) is 7.48. The van der Waals surface area contributed by atoms with Gasteiger partial charge in [0.15, 0.2) is 0 Å². The van der Waals surface area contributed by atoms with E-state index in [1.165, 1.54) is 0 Å². The average molecular weight is 256 g/mol. The molecule has 0 fully saturated rings. The molecule has 0 saturated heterocycles. The van der Waals surface area contributed by atoms with E-state index < -0.39 is 0 Å². The van der Waals surface area contributed by atoms with Gasteiger partial charge in [0.25, 0.3) is 0 Å². The minimum Gasteiger partial charge on any atom is -0.338 e. The van der Waals surface area contributed by atoms with Crippen LogP contribution in [0.5, 0.6) is 0 Å². The third-order valence-corrected chi connectivity index (χ3v) is 3.48. The molecular weight excluding hydrogens is 224 g/mol. The zero-order chi connectivity index (χ0) is 14.1. The highest BCUT2D eigenvalue weighted by molar-refractivity contribution is 5.78. The van der Waals surface area contributed by atoms with Crippen molar-refractivity contribution in [1.29, 1.82) is 0 Å². The molecule has 1 N–H and O–H groups in total. The Bertz CT molecular complexity index is 225. The second-order valence-electron chi connectivity index (χ2n) is 5.60. The van der Waals surface area contributed by atoms with E-state index in [-0.39, 0.29) is 5.91 Å². The van der Waals surface area contributed by atoms with Gasteiger partial charge in [0.1, 0.15) is 0 Å². The molecule has 0 radical (unpaired) electrons. The van der Waals surface area contributed by atoms with Crippen LogP contribution in [0.1, 0.15) is 60.8 Å². The number of nitrogens with one attached hydrogen (secondary N) is 1. The third-order valence-electron chi connectivity index (χ3n) is 3.48. The lowest BCUT2D eigenvalue weighted by molar-refractivity contribution is -0.133. The van der Waals surface area contributed by atoms with Gasteiger partial charge in [-0.3, -0.25) is 4.79 Å². The molecule has 1 atom stereocenters. The number of amides is 1. The first-order chi connectivity index (χ1) is 8.46. The quantitative estimate of drug-likeness (QED) is 0.687. The maximum absolute atomic E-state index is 12.3. The fraction of sp³-hybridized carbons (Fsp3) is 0.933. The molecule has 3 heteroatoms. The van der Waals surface area contributed by atoms with Gasteiger partial charge >= 0.3 is 0 Å². The zero-order valence-corrected chi connectivity index (χ0v) is 13.1. The van der Waals surface area contributed by atoms with E-state index >= 15 is 0 Å². The molecule has 0 aliphatic rings. The molecule has 0 aliphatic heterocycles. The minimum atomic E-state index is 0.248. The van der Waals surface area contributed by atoms with Crippen LogP contribution in [-0.2, 0) is 4.79 Å². The molecule has 0 aliphatic carbocycles. The Labute approximate surface area is 113 Å². The van der Waals surface area contributed by atoms with Crippen molar-refractivity contribution in [3.05, 3.63) is 0 Å². The van der Waals surface area contributed by atoms with Gasteiger partial charge in [-0.15, -0.1) is 0 Å². The van der Waals surface area contributed by atoms with Gasteiger partial charge in [-0.25, -0.2) is 0 Å². The van der Waals surface area contributed by atoms with E-state index in [1.54, 1.807) is 0 Å². The van der Waals surface area contributed by atoms with Crippen molar-refractivity contribution in [2.24, 2.45) is 5.92 Å². The SMILES string of the molecule is CCC(C)NCC(=O)N(CC(C)C)C(CC)CC. The molecule has 0 aromatic heterocycles. The molecule has 0 heterocycles. The van der Waals surface area contributed by atoms with Crippen molar-refractivity contribution in [1.82, 2.24) is 10.2 Å². The van der Waals surface area contributed by atoms with E-state index in [2.05, 4.69) is 51.8 Å². The van der Waals surface area contributed by atoms with Gasteiger partial charge in [0.2, 0.25) is 5.91 Å². The van der Waals surface area contributed by atoms with Crippen molar-refractivity contribution < 1.29 is 4.79 Å². The number of carbonyl (C=O) groups excluding carboxylic acids is 1. The summed E-state index contributed by atoms with van der Waals surface area (Å²) in [5, 5.41) is 3.30. The second kappa shape index (κ2) is 9.37. The van der Waals surface area contributed by atoms with E-state index in [0.29, 0.717) is 24.5 Å².